The standard InChI is InChI=1S/C21H26BrN5O2Si/c1-26-17-7-6-14(28-2)10-15(17)20(25-26)18-11-16-21(23-12-19(22)24-16)27(18)13-29-8-9-30(3,4)5/h6-7,10-12H,8-9,13H2,1-5H3. The fourth-order valence-electron chi connectivity index (χ4n) is 3.42. The highest BCUT2D eigenvalue weighted by Crippen LogP contribution is 2.33. The Kier molecular flexibility index (Phi) is 5.69. The fraction of sp³-hybridized carbons (Fsp3) is 0.381. The van der Waals surface area contributed by atoms with Gasteiger partial charge in [0.05, 0.1) is 24.5 Å². The quantitative estimate of drug-likeness (QED) is 0.269. The molecule has 0 aliphatic carbocycles. The largest absolute Gasteiger partial charge is 0.497 e. The second-order valence-corrected chi connectivity index (χ2v) is 15.0. The number of hydrogen-bond acceptors (Lipinski definition) is 5. The monoisotopic (exact) mass is 487 g/mol. The van der Waals surface area contributed by atoms with Gasteiger partial charge >= 0.3 is 0 Å². The first-order chi connectivity index (χ1) is 14.3. The van der Waals surface area contributed by atoms with Crippen molar-refractivity contribution in [1.29, 1.82) is 0 Å². The van der Waals surface area contributed by atoms with Crippen molar-refractivity contribution in [1.82, 2.24) is 24.3 Å². The Morgan fingerprint density at radius 1 is 1.17 bits per heavy atom. The average molecular weight is 488 g/mol. The second-order valence-electron chi connectivity index (χ2n) is 8.56. The van der Waals surface area contributed by atoms with E-state index < -0.39 is 8.07 Å². The van der Waals surface area contributed by atoms with E-state index in [1.54, 1.807) is 13.3 Å². The Bertz CT molecular complexity index is 1210. The Hall–Kier alpha value is -2.23. The van der Waals surface area contributed by atoms with E-state index in [2.05, 4.69) is 50.1 Å². The summed E-state index contributed by atoms with van der Waals surface area (Å²) < 4.78 is 16.2. The van der Waals surface area contributed by atoms with E-state index in [0.29, 0.717) is 11.3 Å². The predicted molar refractivity (Wildman–Crippen MR) is 126 cm³/mol. The summed E-state index contributed by atoms with van der Waals surface area (Å²) in [6, 6.07) is 9.12. The molecule has 3 aromatic heterocycles. The van der Waals surface area contributed by atoms with Crippen LogP contribution in [0.25, 0.3) is 33.5 Å². The van der Waals surface area contributed by atoms with Gasteiger partial charge in [-0.2, -0.15) is 5.10 Å². The number of nitrogens with zero attached hydrogens (tertiary/aromatic N) is 5. The summed E-state index contributed by atoms with van der Waals surface area (Å²) in [5, 5.41) is 5.82. The SMILES string of the molecule is COc1ccc2c(c1)c(-c1cc3nc(Br)cnc3n1COCC[Si](C)(C)C)nn2C. The number of methoxy groups -OCH3 is 1. The summed E-state index contributed by atoms with van der Waals surface area (Å²) in [7, 11) is 2.46. The highest BCUT2D eigenvalue weighted by atomic mass is 79.9. The molecule has 158 valence electrons. The van der Waals surface area contributed by atoms with E-state index in [0.717, 1.165) is 51.9 Å². The van der Waals surface area contributed by atoms with Gasteiger partial charge in [0.15, 0.2) is 5.65 Å². The van der Waals surface area contributed by atoms with Gasteiger partial charge in [0.2, 0.25) is 0 Å². The zero-order valence-corrected chi connectivity index (χ0v) is 20.5. The average Bonchev–Trinajstić information content (AvgIpc) is 3.21. The number of halogens is 1. The fourth-order valence-corrected chi connectivity index (χ4v) is 4.47. The van der Waals surface area contributed by atoms with Gasteiger partial charge in [-0.1, -0.05) is 19.6 Å². The molecule has 4 aromatic rings. The molecule has 0 fully saturated rings. The lowest BCUT2D eigenvalue weighted by Gasteiger charge is -2.16. The van der Waals surface area contributed by atoms with E-state index in [-0.39, 0.29) is 0 Å². The zero-order chi connectivity index (χ0) is 21.5. The van der Waals surface area contributed by atoms with Crippen LogP contribution in [0.15, 0.2) is 35.1 Å². The van der Waals surface area contributed by atoms with Crippen LogP contribution in [0.5, 0.6) is 5.75 Å². The highest BCUT2D eigenvalue weighted by molar-refractivity contribution is 9.10. The normalized spacial score (nSPS) is 12.2. The molecule has 0 N–H and O–H groups in total. The smallest absolute Gasteiger partial charge is 0.161 e. The Labute approximate surface area is 185 Å². The molecule has 1 aromatic carbocycles. The maximum atomic E-state index is 6.08. The summed E-state index contributed by atoms with van der Waals surface area (Å²) in [6.07, 6.45) is 1.71. The Morgan fingerprint density at radius 2 is 1.97 bits per heavy atom. The number of aromatic nitrogens is 5. The van der Waals surface area contributed by atoms with Crippen LogP contribution < -0.4 is 4.74 Å². The van der Waals surface area contributed by atoms with Crippen LogP contribution in [0.3, 0.4) is 0 Å². The van der Waals surface area contributed by atoms with Gasteiger partial charge in [-0.25, -0.2) is 9.97 Å². The summed E-state index contributed by atoms with van der Waals surface area (Å²) in [6.45, 7) is 8.19. The van der Waals surface area contributed by atoms with Crippen LogP contribution >= 0.6 is 15.9 Å². The van der Waals surface area contributed by atoms with Gasteiger partial charge in [0, 0.05) is 27.1 Å². The molecule has 0 bridgehead atoms. The maximum Gasteiger partial charge on any atom is 0.161 e. The highest BCUT2D eigenvalue weighted by Gasteiger charge is 2.20. The number of hydrogen-bond donors (Lipinski definition) is 0. The first kappa shape index (κ1) is 21.0. The lowest BCUT2D eigenvalue weighted by Crippen LogP contribution is -2.22. The van der Waals surface area contributed by atoms with E-state index in [4.69, 9.17) is 14.6 Å². The molecule has 0 atom stereocenters. The summed E-state index contributed by atoms with van der Waals surface area (Å²) >= 11 is 3.43. The van der Waals surface area contributed by atoms with Crippen molar-refractivity contribution in [3.05, 3.63) is 35.1 Å². The Balaban J connectivity index is 1.81. The van der Waals surface area contributed by atoms with E-state index >= 15 is 0 Å². The molecular formula is C21H26BrN5O2Si. The topological polar surface area (TPSA) is 67.0 Å². The molecule has 3 heterocycles. The van der Waals surface area contributed by atoms with Crippen molar-refractivity contribution in [2.75, 3.05) is 13.7 Å². The molecule has 0 saturated carbocycles. The van der Waals surface area contributed by atoms with Gasteiger partial charge in [-0.15, -0.1) is 0 Å². The molecule has 9 heteroatoms. The molecule has 4 rings (SSSR count). The number of ether oxygens (including phenoxy) is 2. The summed E-state index contributed by atoms with van der Waals surface area (Å²) in [5.74, 6) is 0.796. The van der Waals surface area contributed by atoms with Gasteiger partial charge < -0.3 is 9.47 Å². The molecule has 0 radical (unpaired) electrons. The van der Waals surface area contributed by atoms with Gasteiger partial charge in [-0.3, -0.25) is 9.25 Å². The lowest BCUT2D eigenvalue weighted by atomic mass is 10.1. The van der Waals surface area contributed by atoms with E-state index in [1.807, 2.05) is 36.0 Å². The predicted octanol–water partition coefficient (Wildman–Crippen LogP) is 5.07. The first-order valence-corrected chi connectivity index (χ1v) is 14.4. The molecule has 0 unspecified atom stereocenters. The summed E-state index contributed by atoms with van der Waals surface area (Å²) in [5.41, 5.74) is 4.40. The number of rotatable bonds is 7. The molecule has 0 spiro atoms. The minimum atomic E-state index is -1.16. The van der Waals surface area contributed by atoms with Crippen LogP contribution in [0.2, 0.25) is 25.7 Å². The van der Waals surface area contributed by atoms with Crippen molar-refractivity contribution in [3.63, 3.8) is 0 Å². The zero-order valence-electron chi connectivity index (χ0n) is 17.9. The van der Waals surface area contributed by atoms with Crippen LogP contribution in [-0.4, -0.2) is 46.1 Å². The van der Waals surface area contributed by atoms with E-state index in [9.17, 15) is 0 Å². The second kappa shape index (κ2) is 8.13. The van der Waals surface area contributed by atoms with Crippen molar-refractivity contribution in [2.24, 2.45) is 7.05 Å². The van der Waals surface area contributed by atoms with E-state index in [1.165, 1.54) is 0 Å². The third-order valence-electron chi connectivity index (χ3n) is 5.09. The molecule has 0 saturated heterocycles. The number of fused-ring (bicyclic) bond motifs is 2. The van der Waals surface area contributed by atoms with Crippen LogP contribution in [0, 0.1) is 0 Å². The van der Waals surface area contributed by atoms with Crippen molar-refractivity contribution in [3.8, 4) is 17.1 Å². The number of benzene rings is 1. The molecule has 30 heavy (non-hydrogen) atoms. The molecule has 0 aliphatic rings. The maximum absolute atomic E-state index is 6.08. The lowest BCUT2D eigenvalue weighted by molar-refractivity contribution is 0.0908. The van der Waals surface area contributed by atoms with Gasteiger partial charge in [0.25, 0.3) is 0 Å². The minimum absolute atomic E-state index is 0.404. The summed E-state index contributed by atoms with van der Waals surface area (Å²) in [4.78, 5) is 9.19. The first-order valence-electron chi connectivity index (χ1n) is 9.87. The van der Waals surface area contributed by atoms with Gasteiger partial charge in [0.1, 0.15) is 28.3 Å². The van der Waals surface area contributed by atoms with Crippen molar-refractivity contribution < 1.29 is 9.47 Å². The number of aryl methyl sites for hydroxylation is 1. The molecule has 0 aliphatic heterocycles. The van der Waals surface area contributed by atoms with Crippen molar-refractivity contribution >= 4 is 46.1 Å². The van der Waals surface area contributed by atoms with Crippen LogP contribution in [-0.2, 0) is 18.5 Å². The van der Waals surface area contributed by atoms with Gasteiger partial charge in [-0.05, 0) is 46.2 Å². The Morgan fingerprint density at radius 3 is 2.70 bits per heavy atom. The molecular weight excluding hydrogens is 462 g/mol. The van der Waals surface area contributed by atoms with Crippen LogP contribution in [0.4, 0.5) is 0 Å². The molecule has 0 amide bonds. The van der Waals surface area contributed by atoms with Crippen molar-refractivity contribution in [2.45, 2.75) is 32.4 Å². The van der Waals surface area contributed by atoms with Crippen LogP contribution in [0.1, 0.15) is 0 Å². The third-order valence-corrected chi connectivity index (χ3v) is 7.17. The molecule has 7 nitrogen and oxygen atoms in total. The minimum Gasteiger partial charge on any atom is -0.497 e. The third kappa shape index (κ3) is 4.14.